The summed E-state index contributed by atoms with van der Waals surface area (Å²) in [5, 5.41) is 13.8. The van der Waals surface area contributed by atoms with Crippen molar-refractivity contribution in [1.29, 1.82) is 0 Å². The highest BCUT2D eigenvalue weighted by atomic mass is 32.2. The number of imidazole rings is 1. The fraction of sp³-hybridized carbons (Fsp3) is 0.453. The predicted octanol–water partition coefficient (Wildman–Crippen LogP) is 9.28. The lowest BCUT2D eigenvalue weighted by atomic mass is 9.70. The Morgan fingerprint density at radius 1 is 1.03 bits per heavy atom. The molecule has 5 aromatic rings. The molecule has 1 spiro atoms. The number of allylic oxidation sites excluding steroid dienone is 2. The van der Waals surface area contributed by atoms with E-state index in [0.29, 0.717) is 60.3 Å². The number of fused-ring (bicyclic) bond motifs is 2. The third kappa shape index (κ3) is 8.95. The van der Waals surface area contributed by atoms with Crippen molar-refractivity contribution in [2.45, 2.75) is 107 Å². The van der Waals surface area contributed by atoms with Crippen LogP contribution in [0.25, 0.3) is 17.0 Å². The zero-order valence-electron chi connectivity index (χ0n) is 39.9. The van der Waals surface area contributed by atoms with E-state index >= 15 is 4.39 Å². The number of carbonyl (C=O) groups is 1. The van der Waals surface area contributed by atoms with Crippen molar-refractivity contribution in [2.75, 3.05) is 55.8 Å². The van der Waals surface area contributed by atoms with Gasteiger partial charge < -0.3 is 30.5 Å². The Balaban J connectivity index is 0.887. The molecular formula is C53H63FN8O6S. The summed E-state index contributed by atoms with van der Waals surface area (Å²) in [5.41, 5.74) is 10.9. The smallest absolute Gasteiger partial charge is 0.268 e. The molecule has 2 saturated heterocycles. The normalized spacial score (nSPS) is 23.5. The van der Waals surface area contributed by atoms with E-state index in [-0.39, 0.29) is 50.2 Å². The molecule has 5 aliphatic rings. The van der Waals surface area contributed by atoms with Gasteiger partial charge in [0, 0.05) is 68.5 Å². The first kappa shape index (κ1) is 46.7. The summed E-state index contributed by atoms with van der Waals surface area (Å²) in [5.74, 6) is 0.417. The number of aliphatic hydroxyl groups is 1. The zero-order valence-corrected chi connectivity index (χ0v) is 40.7. The molecule has 10 rings (SSSR count). The second-order valence-electron chi connectivity index (χ2n) is 20.7. The number of anilines is 3. The molecule has 364 valence electrons. The second-order valence-corrected chi connectivity index (χ2v) is 22.3. The van der Waals surface area contributed by atoms with Gasteiger partial charge in [0.25, 0.3) is 21.8 Å². The van der Waals surface area contributed by atoms with Crippen molar-refractivity contribution >= 4 is 50.2 Å². The summed E-state index contributed by atoms with van der Waals surface area (Å²) in [6.07, 6.45) is 13.1. The van der Waals surface area contributed by atoms with Crippen LogP contribution < -0.4 is 30.1 Å². The summed E-state index contributed by atoms with van der Waals surface area (Å²) >= 11 is 0. The number of aromatic nitrogens is 3. The number of pyridine rings is 2. The number of hydrogen-bond donors (Lipinski definition) is 4. The minimum absolute atomic E-state index is 0.0276. The molecule has 5 heterocycles. The molecule has 2 atom stereocenters. The van der Waals surface area contributed by atoms with Gasteiger partial charge in [0.2, 0.25) is 0 Å². The van der Waals surface area contributed by atoms with Crippen LogP contribution in [-0.2, 0) is 10.0 Å². The molecule has 0 radical (unpaired) electrons. The lowest BCUT2D eigenvalue weighted by Gasteiger charge is -2.57. The monoisotopic (exact) mass is 958 g/mol. The maximum atomic E-state index is 15.1. The van der Waals surface area contributed by atoms with Crippen LogP contribution in [0.3, 0.4) is 0 Å². The molecular weight excluding hydrogens is 896 g/mol. The number of nitrogens with two attached hydrogens (primary N) is 1. The van der Waals surface area contributed by atoms with Crippen molar-refractivity contribution in [3.05, 3.63) is 108 Å². The molecule has 0 unspecified atom stereocenters. The summed E-state index contributed by atoms with van der Waals surface area (Å²) in [6, 6.07) is 17.4. The number of nitrogen functional groups attached to an aromatic ring is 1. The summed E-state index contributed by atoms with van der Waals surface area (Å²) in [6.45, 7) is 14.6. The van der Waals surface area contributed by atoms with Gasteiger partial charge in [-0.1, -0.05) is 51.1 Å². The van der Waals surface area contributed by atoms with Gasteiger partial charge in [0.15, 0.2) is 11.4 Å². The predicted molar refractivity (Wildman–Crippen MR) is 267 cm³/mol. The van der Waals surface area contributed by atoms with Gasteiger partial charge in [-0.3, -0.25) is 14.1 Å². The summed E-state index contributed by atoms with van der Waals surface area (Å²) < 4.78 is 59.5. The molecule has 1 amide bonds. The Labute approximate surface area is 403 Å². The topological polar surface area (TPSA) is 177 Å². The number of rotatable bonds is 13. The molecule has 3 aliphatic carbocycles. The van der Waals surface area contributed by atoms with Crippen LogP contribution in [0.4, 0.5) is 21.6 Å². The average molecular weight is 959 g/mol. The van der Waals surface area contributed by atoms with Crippen LogP contribution >= 0.6 is 0 Å². The highest BCUT2D eigenvalue weighted by Gasteiger charge is 2.49. The number of benzene rings is 2. The Morgan fingerprint density at radius 3 is 2.52 bits per heavy atom. The molecule has 14 nitrogen and oxygen atoms in total. The first-order chi connectivity index (χ1) is 33.0. The maximum absolute atomic E-state index is 15.1. The second kappa shape index (κ2) is 18.1. The summed E-state index contributed by atoms with van der Waals surface area (Å²) in [7, 11) is -3.17. The van der Waals surface area contributed by atoms with Gasteiger partial charge in [0.05, 0.1) is 29.7 Å². The van der Waals surface area contributed by atoms with Gasteiger partial charge in [0.1, 0.15) is 22.3 Å². The van der Waals surface area contributed by atoms with E-state index in [1.165, 1.54) is 61.9 Å². The van der Waals surface area contributed by atoms with E-state index in [4.69, 9.17) is 15.2 Å². The zero-order chi connectivity index (χ0) is 48.4. The van der Waals surface area contributed by atoms with Gasteiger partial charge in [-0.2, -0.15) is 0 Å². The molecule has 16 heteroatoms. The number of nitrogens with zero attached hydrogens (tertiary/aromatic N) is 5. The Kier molecular flexibility index (Phi) is 12.3. The van der Waals surface area contributed by atoms with Gasteiger partial charge >= 0.3 is 0 Å². The average Bonchev–Trinajstić information content (AvgIpc) is 4.07. The number of ether oxygens (including phenoxy) is 2. The highest BCUT2D eigenvalue weighted by Crippen LogP contribution is 2.49. The quantitative estimate of drug-likeness (QED) is 0.0882. The molecule has 4 fully saturated rings. The standard InChI is InChI=1S/C53H63FN8O6S/c1-32(2)36-9-6-7-10-37(36)38-11-8-12-43(38)61-30-53(31-61)19-22-60(23-20-53)35-13-14-39(44(26-35)68-45-27-40-41(54)25-33(3)47(40)58-51(45)67-5)50(63)59-69(65,66)46-28-42(55)48(62-24-21-56-49(46)62)57-29-34-15-17-52(4,64)18-16-34/h6-7,9-10,13-14,21,24-28,32,34,38,43,57,64H,3,8,11-12,15-20,22-23,29-31,55H2,1-2,4-5H3,(H,59,63)/t34?,38-,43-,52?/m0/s1. The Morgan fingerprint density at radius 2 is 1.78 bits per heavy atom. The van der Waals surface area contributed by atoms with Crippen molar-refractivity contribution in [3.8, 4) is 17.4 Å². The van der Waals surface area contributed by atoms with Crippen molar-refractivity contribution in [1.82, 2.24) is 24.0 Å². The molecule has 2 saturated carbocycles. The van der Waals surface area contributed by atoms with Crippen LogP contribution in [0, 0.1) is 11.3 Å². The summed E-state index contributed by atoms with van der Waals surface area (Å²) in [4.78, 5) is 27.9. The molecule has 3 aromatic heterocycles. The van der Waals surface area contributed by atoms with Crippen molar-refractivity contribution in [3.63, 3.8) is 0 Å². The third-order valence-electron chi connectivity index (χ3n) is 15.6. The van der Waals surface area contributed by atoms with E-state index in [1.807, 2.05) is 6.92 Å². The van der Waals surface area contributed by atoms with Gasteiger partial charge in [-0.25, -0.2) is 27.5 Å². The third-order valence-corrected chi connectivity index (χ3v) is 16.9. The van der Waals surface area contributed by atoms with E-state index in [2.05, 4.69) is 74.5 Å². The van der Waals surface area contributed by atoms with Crippen LogP contribution in [0.5, 0.6) is 17.4 Å². The minimum atomic E-state index is -4.58. The molecule has 5 N–H and O–H groups in total. The molecule has 2 aromatic carbocycles. The van der Waals surface area contributed by atoms with Crippen molar-refractivity contribution < 1.29 is 32.2 Å². The lowest BCUT2D eigenvalue weighted by molar-refractivity contribution is -0.0493. The van der Waals surface area contributed by atoms with Crippen molar-refractivity contribution in [2.24, 2.45) is 11.3 Å². The SMILES string of the molecule is C=C1C=C(F)c2cc(Oc3cc(N4CCC5(CC4)CN([C@H]4CCC[C@H]4c4ccccc4C(C)C)C5)ccc3C(=O)NS(=O)(=O)c3cc(N)c(NCC4CCC(C)(O)CC4)n4ccnc34)c(OC)nc21. The largest absolute Gasteiger partial charge is 0.478 e. The first-order valence-electron chi connectivity index (χ1n) is 24.4. The van der Waals surface area contributed by atoms with Crippen LogP contribution in [0.15, 0.2) is 84.5 Å². The number of piperidine rings is 1. The number of hydrogen-bond acceptors (Lipinski definition) is 12. The van der Waals surface area contributed by atoms with Gasteiger partial charge in [-0.05, 0) is 129 Å². The van der Waals surface area contributed by atoms with Gasteiger partial charge in [-0.15, -0.1) is 0 Å². The highest BCUT2D eigenvalue weighted by molar-refractivity contribution is 7.90. The maximum Gasteiger partial charge on any atom is 0.268 e. The fourth-order valence-electron chi connectivity index (χ4n) is 11.7. The number of likely N-dealkylation sites (tertiary alicyclic amines) is 1. The molecule has 2 aliphatic heterocycles. The van der Waals surface area contributed by atoms with Crippen LogP contribution in [-0.4, -0.2) is 90.2 Å². The number of nitrogens with one attached hydrogen (secondary N) is 2. The molecule has 0 bridgehead atoms. The number of amides is 1. The Bertz CT molecular complexity index is 2960. The number of sulfonamides is 1. The number of carbonyl (C=O) groups excluding carboxylic acids is 1. The van der Waals surface area contributed by atoms with E-state index in [9.17, 15) is 18.3 Å². The molecule has 69 heavy (non-hydrogen) atoms. The lowest BCUT2D eigenvalue weighted by Crippen LogP contribution is -2.63. The fourth-order valence-corrected chi connectivity index (χ4v) is 12.8. The minimum Gasteiger partial charge on any atom is -0.478 e. The van der Waals surface area contributed by atoms with E-state index in [0.717, 1.165) is 57.5 Å². The Hall–Kier alpha value is -5.97. The van der Waals surface area contributed by atoms with Crippen LogP contribution in [0.2, 0.25) is 0 Å². The van der Waals surface area contributed by atoms with E-state index < -0.39 is 27.4 Å². The van der Waals surface area contributed by atoms with Crippen LogP contribution in [0.1, 0.15) is 123 Å². The number of halogens is 1. The van der Waals surface area contributed by atoms with E-state index in [1.54, 1.807) is 28.8 Å². The number of methoxy groups -OCH3 is 1. The first-order valence-corrected chi connectivity index (χ1v) is 25.8.